The van der Waals surface area contributed by atoms with Crippen LogP contribution in [0.5, 0.6) is 11.6 Å². The lowest BCUT2D eigenvalue weighted by Gasteiger charge is -2.47. The Morgan fingerprint density at radius 1 is 1.06 bits per heavy atom. The van der Waals surface area contributed by atoms with Crippen molar-refractivity contribution in [2.24, 2.45) is 0 Å². The lowest BCUT2D eigenvalue weighted by molar-refractivity contribution is -0.119. The largest absolute Gasteiger partial charge is 0.444 e. The fourth-order valence-electron chi connectivity index (χ4n) is 4.17. The quantitative estimate of drug-likeness (QED) is 0.647. The monoisotopic (exact) mass is 476 g/mol. The van der Waals surface area contributed by atoms with Crippen LogP contribution in [0.1, 0.15) is 39.3 Å². The van der Waals surface area contributed by atoms with Crippen molar-refractivity contribution in [3.8, 4) is 11.6 Å². The SMILES string of the molecule is Cc1cc(Oc2cc(F)cc(F)c2)nc(N2CCC3(CC2)CN(C(=O)OC(C)(C)C)CCO3)n1. The summed E-state index contributed by atoms with van der Waals surface area (Å²) < 4.78 is 44.3. The van der Waals surface area contributed by atoms with Crippen LogP contribution in [-0.2, 0) is 9.47 Å². The number of nitrogens with zero attached hydrogens (tertiary/aromatic N) is 4. The van der Waals surface area contributed by atoms with E-state index in [-0.39, 0.29) is 17.7 Å². The minimum Gasteiger partial charge on any atom is -0.444 e. The maximum atomic E-state index is 13.5. The van der Waals surface area contributed by atoms with Gasteiger partial charge in [0.05, 0.1) is 18.8 Å². The van der Waals surface area contributed by atoms with Crippen molar-refractivity contribution in [3.05, 3.63) is 41.6 Å². The normalized spacial score (nSPS) is 18.2. The summed E-state index contributed by atoms with van der Waals surface area (Å²) in [5.74, 6) is -0.748. The van der Waals surface area contributed by atoms with Crippen molar-refractivity contribution in [2.75, 3.05) is 37.7 Å². The summed E-state index contributed by atoms with van der Waals surface area (Å²) in [5.41, 5.74) is -0.318. The number of carbonyl (C=O) groups excluding carboxylic acids is 1. The number of ether oxygens (including phenoxy) is 3. The molecule has 3 heterocycles. The summed E-state index contributed by atoms with van der Waals surface area (Å²) in [6.45, 7) is 10.0. The predicted octanol–water partition coefficient (Wildman–Crippen LogP) is 4.46. The summed E-state index contributed by atoms with van der Waals surface area (Å²) in [6.07, 6.45) is 1.05. The van der Waals surface area contributed by atoms with Crippen molar-refractivity contribution < 1.29 is 27.8 Å². The van der Waals surface area contributed by atoms with Crippen molar-refractivity contribution in [2.45, 2.75) is 51.7 Å². The van der Waals surface area contributed by atoms with Crippen LogP contribution in [0.2, 0.25) is 0 Å². The fourth-order valence-corrected chi connectivity index (χ4v) is 4.17. The molecule has 0 N–H and O–H groups in total. The third-order valence-corrected chi connectivity index (χ3v) is 5.74. The number of aryl methyl sites for hydroxylation is 1. The fraction of sp³-hybridized carbons (Fsp3) is 0.542. The topological polar surface area (TPSA) is 77.0 Å². The van der Waals surface area contributed by atoms with E-state index < -0.39 is 22.8 Å². The Morgan fingerprint density at radius 2 is 1.74 bits per heavy atom. The molecule has 1 aromatic heterocycles. The molecule has 0 radical (unpaired) electrons. The van der Waals surface area contributed by atoms with Gasteiger partial charge in [0.1, 0.15) is 23.0 Å². The molecule has 2 saturated heterocycles. The summed E-state index contributed by atoms with van der Waals surface area (Å²) >= 11 is 0. The molecular weight excluding hydrogens is 446 g/mol. The summed E-state index contributed by atoms with van der Waals surface area (Å²) in [4.78, 5) is 25.3. The van der Waals surface area contributed by atoms with E-state index in [1.54, 1.807) is 17.9 Å². The molecule has 2 aromatic rings. The predicted molar refractivity (Wildman–Crippen MR) is 121 cm³/mol. The molecule has 1 spiro atoms. The molecule has 1 amide bonds. The highest BCUT2D eigenvalue weighted by atomic mass is 19.1. The average Bonchev–Trinajstić information content (AvgIpc) is 2.72. The Hall–Kier alpha value is -3.01. The van der Waals surface area contributed by atoms with E-state index in [2.05, 4.69) is 9.97 Å². The van der Waals surface area contributed by atoms with E-state index in [4.69, 9.17) is 14.2 Å². The molecule has 34 heavy (non-hydrogen) atoms. The molecule has 10 heteroatoms. The lowest BCUT2D eigenvalue weighted by atomic mass is 9.89. The van der Waals surface area contributed by atoms with E-state index in [0.717, 1.165) is 18.2 Å². The van der Waals surface area contributed by atoms with Crippen molar-refractivity contribution in [1.82, 2.24) is 14.9 Å². The van der Waals surface area contributed by atoms with Crippen LogP contribution < -0.4 is 9.64 Å². The van der Waals surface area contributed by atoms with Crippen LogP contribution in [0, 0.1) is 18.6 Å². The van der Waals surface area contributed by atoms with Gasteiger partial charge in [-0.15, -0.1) is 0 Å². The number of anilines is 1. The van der Waals surface area contributed by atoms with Crippen LogP contribution in [0.25, 0.3) is 0 Å². The molecule has 8 nitrogen and oxygen atoms in total. The Bertz CT molecular complexity index is 1030. The summed E-state index contributed by atoms with van der Waals surface area (Å²) in [6, 6.07) is 4.59. The van der Waals surface area contributed by atoms with E-state index in [0.29, 0.717) is 57.3 Å². The number of piperidine rings is 1. The Kier molecular flexibility index (Phi) is 6.62. The molecular formula is C24H30F2N4O4. The number of hydrogen-bond acceptors (Lipinski definition) is 7. The molecule has 2 aliphatic rings. The van der Waals surface area contributed by atoms with Crippen molar-refractivity contribution in [3.63, 3.8) is 0 Å². The second-order valence-corrected chi connectivity index (χ2v) is 9.78. The van der Waals surface area contributed by atoms with E-state index in [1.807, 2.05) is 25.7 Å². The average molecular weight is 477 g/mol. The molecule has 0 atom stereocenters. The molecule has 2 fully saturated rings. The van der Waals surface area contributed by atoms with Gasteiger partial charge in [-0.2, -0.15) is 4.98 Å². The number of hydrogen-bond donors (Lipinski definition) is 0. The highest BCUT2D eigenvalue weighted by Gasteiger charge is 2.42. The third kappa shape index (κ3) is 5.91. The Balaban J connectivity index is 1.42. The van der Waals surface area contributed by atoms with E-state index >= 15 is 0 Å². The molecule has 0 unspecified atom stereocenters. The smallest absolute Gasteiger partial charge is 0.410 e. The first-order chi connectivity index (χ1) is 16.0. The maximum Gasteiger partial charge on any atom is 0.410 e. The van der Waals surface area contributed by atoms with Gasteiger partial charge in [0, 0.05) is 49.6 Å². The first-order valence-corrected chi connectivity index (χ1v) is 11.4. The van der Waals surface area contributed by atoms with Gasteiger partial charge in [0.15, 0.2) is 0 Å². The molecule has 2 aliphatic heterocycles. The number of halogens is 2. The molecule has 0 aliphatic carbocycles. The minimum atomic E-state index is -0.727. The number of benzene rings is 1. The molecule has 184 valence electrons. The first kappa shape index (κ1) is 24.1. The maximum absolute atomic E-state index is 13.5. The van der Waals surface area contributed by atoms with Gasteiger partial charge in [0.25, 0.3) is 0 Å². The molecule has 0 bridgehead atoms. The van der Waals surface area contributed by atoms with Crippen molar-refractivity contribution in [1.29, 1.82) is 0 Å². The highest BCUT2D eigenvalue weighted by Crippen LogP contribution is 2.33. The molecule has 1 aromatic carbocycles. The van der Waals surface area contributed by atoms with Gasteiger partial charge >= 0.3 is 6.09 Å². The second kappa shape index (κ2) is 9.32. The van der Waals surface area contributed by atoms with E-state index in [9.17, 15) is 13.6 Å². The van der Waals surface area contributed by atoms with Crippen LogP contribution in [-0.4, -0.2) is 64.9 Å². The number of rotatable bonds is 3. The Morgan fingerprint density at radius 3 is 2.38 bits per heavy atom. The van der Waals surface area contributed by atoms with Gasteiger partial charge in [0.2, 0.25) is 11.8 Å². The zero-order valence-corrected chi connectivity index (χ0v) is 19.9. The lowest BCUT2D eigenvalue weighted by Crippen LogP contribution is -2.58. The number of carbonyl (C=O) groups is 1. The van der Waals surface area contributed by atoms with Crippen molar-refractivity contribution >= 4 is 12.0 Å². The van der Waals surface area contributed by atoms with Crippen LogP contribution in [0.15, 0.2) is 24.3 Å². The Labute approximate surface area is 197 Å². The van der Waals surface area contributed by atoms with Gasteiger partial charge in [-0.1, -0.05) is 0 Å². The number of morpholine rings is 1. The summed E-state index contributed by atoms with van der Waals surface area (Å²) in [5, 5.41) is 0. The minimum absolute atomic E-state index is 0.0250. The van der Waals surface area contributed by atoms with Crippen LogP contribution in [0.4, 0.5) is 19.5 Å². The second-order valence-electron chi connectivity index (χ2n) is 9.78. The van der Waals surface area contributed by atoms with Crippen LogP contribution >= 0.6 is 0 Å². The van der Waals surface area contributed by atoms with Gasteiger partial charge in [-0.3, -0.25) is 0 Å². The summed E-state index contributed by atoms with van der Waals surface area (Å²) in [7, 11) is 0. The number of aromatic nitrogens is 2. The van der Waals surface area contributed by atoms with Gasteiger partial charge < -0.3 is 24.0 Å². The number of amides is 1. The van der Waals surface area contributed by atoms with E-state index in [1.165, 1.54) is 0 Å². The molecule has 0 saturated carbocycles. The van der Waals surface area contributed by atoms with Crippen LogP contribution in [0.3, 0.4) is 0 Å². The highest BCUT2D eigenvalue weighted by molar-refractivity contribution is 5.68. The zero-order chi connectivity index (χ0) is 24.5. The zero-order valence-electron chi connectivity index (χ0n) is 19.9. The first-order valence-electron chi connectivity index (χ1n) is 11.4. The standard InChI is InChI=1S/C24H30F2N4O4/c1-16-11-20(33-19-13-17(25)12-18(26)14-19)28-21(27-16)29-7-5-24(6-8-29)15-30(9-10-32-24)22(31)34-23(2,3)4/h11-14H,5-10,15H2,1-4H3. The van der Waals surface area contributed by atoms with Gasteiger partial charge in [-0.25, -0.2) is 18.6 Å². The van der Waals surface area contributed by atoms with Gasteiger partial charge in [-0.05, 0) is 40.5 Å². The molecule has 4 rings (SSSR count). The third-order valence-electron chi connectivity index (χ3n) is 5.74.